The Morgan fingerprint density at radius 3 is 2.24 bits per heavy atom. The molecule has 4 nitrogen and oxygen atoms in total. The van der Waals surface area contributed by atoms with E-state index in [4.69, 9.17) is 0 Å². The van der Waals surface area contributed by atoms with Crippen molar-refractivity contribution in [2.75, 3.05) is 44.2 Å². The van der Waals surface area contributed by atoms with E-state index in [1.54, 1.807) is 0 Å². The first-order valence-electron chi connectivity index (χ1n) is 7.97. The summed E-state index contributed by atoms with van der Waals surface area (Å²) in [4.78, 5) is 4.77. The summed E-state index contributed by atoms with van der Waals surface area (Å²) in [5.41, 5.74) is 2.04. The van der Waals surface area contributed by atoms with Gasteiger partial charge in [-0.3, -0.25) is 4.90 Å². The van der Waals surface area contributed by atoms with Crippen molar-refractivity contribution in [2.24, 2.45) is 0 Å². The Morgan fingerprint density at radius 2 is 1.71 bits per heavy atom. The third-order valence-corrected chi connectivity index (χ3v) is 3.86. The van der Waals surface area contributed by atoms with E-state index in [0.717, 1.165) is 45.8 Å². The molecule has 1 fully saturated rings. The van der Waals surface area contributed by atoms with Crippen LogP contribution in [0.15, 0.2) is 24.3 Å². The number of hydrogen-bond acceptors (Lipinski definition) is 4. The quantitative estimate of drug-likeness (QED) is 0.836. The summed E-state index contributed by atoms with van der Waals surface area (Å²) < 4.78 is 0. The van der Waals surface area contributed by atoms with Gasteiger partial charge in [-0.2, -0.15) is 0 Å². The van der Waals surface area contributed by atoms with Crippen molar-refractivity contribution in [1.82, 2.24) is 10.2 Å². The minimum absolute atomic E-state index is 0.601. The van der Waals surface area contributed by atoms with Crippen LogP contribution in [0.1, 0.15) is 26.3 Å². The average Bonchev–Trinajstić information content (AvgIpc) is 2.45. The van der Waals surface area contributed by atoms with E-state index in [-0.39, 0.29) is 0 Å². The summed E-state index contributed by atoms with van der Waals surface area (Å²) in [6.45, 7) is 12.7. The van der Waals surface area contributed by atoms with Crippen LogP contribution < -0.4 is 10.2 Å². The Labute approximate surface area is 128 Å². The average molecular weight is 291 g/mol. The predicted octanol–water partition coefficient (Wildman–Crippen LogP) is 1.69. The van der Waals surface area contributed by atoms with Crippen molar-refractivity contribution < 1.29 is 5.11 Å². The third-order valence-electron chi connectivity index (χ3n) is 3.86. The van der Waals surface area contributed by atoms with Crippen molar-refractivity contribution in [3.8, 4) is 0 Å². The van der Waals surface area contributed by atoms with Gasteiger partial charge in [0.1, 0.15) is 0 Å². The van der Waals surface area contributed by atoms with E-state index >= 15 is 0 Å². The number of benzene rings is 1. The Hall–Kier alpha value is -1.10. The van der Waals surface area contributed by atoms with Crippen molar-refractivity contribution in [3.63, 3.8) is 0 Å². The highest BCUT2D eigenvalue weighted by atomic mass is 16.3. The molecule has 0 aliphatic carbocycles. The maximum Gasteiger partial charge on any atom is 0.0718 e. The largest absolute Gasteiger partial charge is 0.389 e. The van der Waals surface area contributed by atoms with Gasteiger partial charge in [0.25, 0.3) is 0 Å². The SMILES string of the molecule is CCNCc1ccc(N2CCN(CC(C)(C)O)CC2)cc1. The van der Waals surface area contributed by atoms with Crippen molar-refractivity contribution in [1.29, 1.82) is 0 Å². The molecule has 21 heavy (non-hydrogen) atoms. The number of β-amino-alcohol motifs (C(OH)–C–C–N with tert-alkyl or cyclic N) is 1. The molecule has 0 radical (unpaired) electrons. The molecule has 0 bridgehead atoms. The molecule has 0 aromatic heterocycles. The lowest BCUT2D eigenvalue weighted by Gasteiger charge is -2.38. The second kappa shape index (κ2) is 7.25. The molecule has 0 atom stereocenters. The topological polar surface area (TPSA) is 38.7 Å². The second-order valence-electron chi connectivity index (χ2n) is 6.52. The van der Waals surface area contributed by atoms with Crippen molar-refractivity contribution in [3.05, 3.63) is 29.8 Å². The highest BCUT2D eigenvalue weighted by Gasteiger charge is 2.22. The molecule has 4 heteroatoms. The van der Waals surface area contributed by atoms with Crippen LogP contribution in [0.3, 0.4) is 0 Å². The van der Waals surface area contributed by atoms with Gasteiger partial charge in [0.05, 0.1) is 5.60 Å². The number of hydrogen-bond donors (Lipinski definition) is 2. The summed E-state index contributed by atoms with van der Waals surface area (Å²) in [6.07, 6.45) is 0. The summed E-state index contributed by atoms with van der Waals surface area (Å²) in [7, 11) is 0. The van der Waals surface area contributed by atoms with Gasteiger partial charge in [-0.1, -0.05) is 19.1 Å². The zero-order valence-corrected chi connectivity index (χ0v) is 13.6. The van der Waals surface area contributed by atoms with Gasteiger partial charge in [-0.05, 0) is 38.1 Å². The highest BCUT2D eigenvalue weighted by Crippen LogP contribution is 2.18. The molecule has 1 aliphatic rings. The van der Waals surface area contributed by atoms with Crippen LogP contribution in [0.25, 0.3) is 0 Å². The van der Waals surface area contributed by atoms with Crippen LogP contribution in [-0.2, 0) is 6.54 Å². The molecular weight excluding hydrogens is 262 g/mol. The molecule has 0 spiro atoms. The standard InChI is InChI=1S/C17H29N3O/c1-4-18-13-15-5-7-16(8-6-15)20-11-9-19(10-12-20)14-17(2,3)21/h5-8,18,21H,4,9-14H2,1-3H3. The number of nitrogens with one attached hydrogen (secondary N) is 1. The van der Waals surface area contributed by atoms with Gasteiger partial charge >= 0.3 is 0 Å². The van der Waals surface area contributed by atoms with Gasteiger partial charge in [0.2, 0.25) is 0 Å². The van der Waals surface area contributed by atoms with Crippen LogP contribution in [0, 0.1) is 0 Å². The molecule has 1 saturated heterocycles. The number of anilines is 1. The molecule has 0 unspecified atom stereocenters. The Bertz CT molecular complexity index is 417. The number of piperazine rings is 1. The molecule has 1 aliphatic heterocycles. The summed E-state index contributed by atoms with van der Waals surface area (Å²) in [5.74, 6) is 0. The summed E-state index contributed by atoms with van der Waals surface area (Å²) >= 11 is 0. The molecule has 1 aromatic carbocycles. The Morgan fingerprint density at radius 1 is 1.10 bits per heavy atom. The smallest absolute Gasteiger partial charge is 0.0718 e. The van der Waals surface area contributed by atoms with Gasteiger partial charge < -0.3 is 15.3 Å². The summed E-state index contributed by atoms with van der Waals surface area (Å²) in [6, 6.07) is 8.86. The zero-order valence-electron chi connectivity index (χ0n) is 13.6. The van der Waals surface area contributed by atoms with Gasteiger partial charge in [0.15, 0.2) is 0 Å². The first-order chi connectivity index (χ1) is 9.98. The molecule has 2 rings (SSSR count). The van der Waals surface area contributed by atoms with Gasteiger partial charge in [0, 0.05) is 45.0 Å². The minimum Gasteiger partial charge on any atom is -0.389 e. The highest BCUT2D eigenvalue weighted by molar-refractivity contribution is 5.48. The van der Waals surface area contributed by atoms with Crippen molar-refractivity contribution in [2.45, 2.75) is 32.9 Å². The first kappa shape index (κ1) is 16.3. The van der Waals surface area contributed by atoms with Crippen LogP contribution in [-0.4, -0.2) is 54.9 Å². The van der Waals surface area contributed by atoms with Crippen LogP contribution in [0.5, 0.6) is 0 Å². The zero-order chi connectivity index (χ0) is 15.3. The monoisotopic (exact) mass is 291 g/mol. The molecular formula is C17H29N3O. The fourth-order valence-corrected chi connectivity index (χ4v) is 2.81. The van der Waals surface area contributed by atoms with E-state index in [1.165, 1.54) is 11.3 Å². The maximum atomic E-state index is 9.89. The first-order valence-corrected chi connectivity index (χ1v) is 7.97. The summed E-state index contributed by atoms with van der Waals surface area (Å²) in [5, 5.41) is 13.2. The van der Waals surface area contributed by atoms with E-state index in [1.807, 2.05) is 13.8 Å². The van der Waals surface area contributed by atoms with Gasteiger partial charge in [-0.25, -0.2) is 0 Å². The molecule has 0 amide bonds. The Kier molecular flexibility index (Phi) is 5.62. The normalized spacial score (nSPS) is 17.2. The second-order valence-corrected chi connectivity index (χ2v) is 6.52. The maximum absolute atomic E-state index is 9.89. The fourth-order valence-electron chi connectivity index (χ4n) is 2.81. The van der Waals surface area contributed by atoms with Crippen LogP contribution in [0.4, 0.5) is 5.69 Å². The van der Waals surface area contributed by atoms with E-state index in [2.05, 4.69) is 46.3 Å². The number of rotatable bonds is 6. The Balaban J connectivity index is 1.84. The lowest BCUT2D eigenvalue weighted by atomic mass is 10.1. The van der Waals surface area contributed by atoms with Gasteiger partial charge in [-0.15, -0.1) is 0 Å². The third kappa shape index (κ3) is 5.30. The molecule has 0 saturated carbocycles. The van der Waals surface area contributed by atoms with Crippen LogP contribution in [0.2, 0.25) is 0 Å². The van der Waals surface area contributed by atoms with Crippen LogP contribution >= 0.6 is 0 Å². The lowest BCUT2D eigenvalue weighted by Crippen LogP contribution is -2.50. The molecule has 1 heterocycles. The fraction of sp³-hybridized carbons (Fsp3) is 0.647. The minimum atomic E-state index is -0.601. The van der Waals surface area contributed by atoms with E-state index in [9.17, 15) is 5.11 Å². The van der Waals surface area contributed by atoms with E-state index in [0.29, 0.717) is 0 Å². The molecule has 2 N–H and O–H groups in total. The molecule has 1 aromatic rings. The molecule has 118 valence electrons. The number of aliphatic hydroxyl groups is 1. The van der Waals surface area contributed by atoms with E-state index < -0.39 is 5.60 Å². The lowest BCUT2D eigenvalue weighted by molar-refractivity contribution is 0.0345. The van der Waals surface area contributed by atoms with Crippen molar-refractivity contribution >= 4 is 5.69 Å². The predicted molar refractivity (Wildman–Crippen MR) is 88.8 cm³/mol. The number of nitrogens with zero attached hydrogens (tertiary/aromatic N) is 2.